The molecule has 0 nitrogen and oxygen atoms in total. The summed E-state index contributed by atoms with van der Waals surface area (Å²) in [6.07, 6.45) is 4.30. The summed E-state index contributed by atoms with van der Waals surface area (Å²) in [5, 5.41) is 13.1. The maximum atomic E-state index is 2.55. The smallest absolute Gasteiger partial charge is 0.0000435 e. The van der Waals surface area contributed by atoms with Crippen molar-refractivity contribution in [3.8, 4) is 77.9 Å². The largest absolute Gasteiger partial charge is 0.0763 e. The van der Waals surface area contributed by atoms with Gasteiger partial charge in [-0.25, -0.2) is 0 Å². The molecular weight excluding hydrogens is 901 g/mol. The van der Waals surface area contributed by atoms with Gasteiger partial charge in [-0.15, -0.1) is 0 Å². The molecule has 0 aromatic heterocycles. The van der Waals surface area contributed by atoms with Gasteiger partial charge in [-0.05, 0) is 189 Å². The monoisotopic (exact) mass is 954 g/mol. The van der Waals surface area contributed by atoms with Crippen molar-refractivity contribution in [1.29, 1.82) is 0 Å². The first-order valence-corrected chi connectivity index (χ1v) is 26.9. The van der Waals surface area contributed by atoms with Crippen LogP contribution >= 0.6 is 0 Å². The molecule has 0 N–H and O–H groups in total. The van der Waals surface area contributed by atoms with Crippen molar-refractivity contribution in [3.63, 3.8) is 0 Å². The Morgan fingerprint density at radius 3 is 1.43 bits per heavy atom. The van der Waals surface area contributed by atoms with E-state index < -0.39 is 0 Å². The normalized spacial score (nSPS) is 13.4. The highest BCUT2D eigenvalue weighted by atomic mass is 14.4. The van der Waals surface area contributed by atoms with E-state index in [-0.39, 0.29) is 5.41 Å². The lowest BCUT2D eigenvalue weighted by molar-refractivity contribution is 0.591. The Morgan fingerprint density at radius 2 is 0.813 bits per heavy atom. The van der Waals surface area contributed by atoms with E-state index in [2.05, 4.69) is 258 Å². The van der Waals surface area contributed by atoms with E-state index in [4.69, 9.17) is 0 Å². The zero-order chi connectivity index (χ0) is 50.1. The van der Waals surface area contributed by atoms with Crippen molar-refractivity contribution in [2.45, 2.75) is 46.0 Å². The Kier molecular flexibility index (Phi) is 9.67. The second-order valence-corrected chi connectivity index (χ2v) is 22.0. The molecule has 0 bridgehead atoms. The lowest BCUT2D eigenvalue weighted by Crippen LogP contribution is -2.10. The predicted octanol–water partition coefficient (Wildman–Crippen LogP) is 20.9. The molecule has 2 aliphatic carbocycles. The third kappa shape index (κ3) is 6.49. The number of rotatable bonds is 6. The summed E-state index contributed by atoms with van der Waals surface area (Å²) in [7, 11) is 0. The van der Waals surface area contributed by atoms with Crippen LogP contribution in [0.15, 0.2) is 231 Å². The molecule has 0 atom stereocenters. The molecule has 0 amide bonds. The number of benzene rings is 13. The topological polar surface area (TPSA) is 0 Å². The highest BCUT2D eigenvalue weighted by molar-refractivity contribution is 6.27. The van der Waals surface area contributed by atoms with Crippen molar-refractivity contribution in [2.24, 2.45) is 0 Å². The number of hydrogen-bond donors (Lipinski definition) is 0. The van der Waals surface area contributed by atoms with Crippen LogP contribution in [0.4, 0.5) is 0 Å². The molecule has 75 heavy (non-hydrogen) atoms. The van der Waals surface area contributed by atoms with E-state index in [9.17, 15) is 0 Å². The van der Waals surface area contributed by atoms with Gasteiger partial charge in [-0.3, -0.25) is 0 Å². The number of allylic oxidation sites excluding steroid dienone is 1. The molecule has 2 aliphatic rings. The zero-order valence-electron chi connectivity index (χ0n) is 42.9. The average molecular weight is 955 g/mol. The third-order valence-electron chi connectivity index (χ3n) is 16.8. The van der Waals surface area contributed by atoms with E-state index in [1.807, 2.05) is 0 Å². The van der Waals surface area contributed by atoms with Gasteiger partial charge < -0.3 is 0 Å². The molecule has 15 rings (SSSR count). The van der Waals surface area contributed by atoms with Crippen molar-refractivity contribution < 1.29 is 0 Å². The standard InChI is InChI=1S/C75H54/c1-5-20-60-71-61(40-39-59-63(71)44-64-66(45-21-10-6-11-22-45)55-29-18-19-30-56(55)68(72(59)64)46-23-12-7-13-24-46)74-69(47-25-14-8-15-26-47)58-37-34-50(43-62(58)70(73(60)74)48-27-16-9-17-28-48)54-36-33-49-31-32-51-41-53(75(2,3)4)42-52-35-38-57(54)67(49)65(51)52/h6-43H,5,44H2,1-4H3/b60-20+. The highest BCUT2D eigenvalue weighted by Gasteiger charge is 2.38. The Labute approximate surface area is 439 Å². The molecule has 354 valence electrons. The predicted molar refractivity (Wildman–Crippen MR) is 322 cm³/mol. The SMILES string of the molecule is CC/C=C1\c2c(ccc3c2Cc2c-3c(-c3ccccc3)c3ccccc3c2-c2ccccc2)-c2c1c(-c1ccccc1)c1cc(-c3ccc4ccc5cc(C(C)(C)C)cc6ccc3c4c56)ccc1c2-c1ccccc1. The molecule has 0 heterocycles. The summed E-state index contributed by atoms with van der Waals surface area (Å²) in [5.41, 5.74) is 26.5. The van der Waals surface area contributed by atoms with Crippen molar-refractivity contribution in [3.05, 3.63) is 258 Å². The van der Waals surface area contributed by atoms with Crippen molar-refractivity contribution in [2.75, 3.05) is 0 Å². The second kappa shape index (κ2) is 16.6. The van der Waals surface area contributed by atoms with Crippen LogP contribution in [0.25, 0.3) is 137 Å². The van der Waals surface area contributed by atoms with E-state index in [0.717, 1.165) is 12.8 Å². The minimum absolute atomic E-state index is 0.0570. The van der Waals surface area contributed by atoms with E-state index in [1.54, 1.807) is 0 Å². The third-order valence-corrected chi connectivity index (χ3v) is 16.8. The molecule has 0 saturated heterocycles. The highest BCUT2D eigenvalue weighted by Crippen LogP contribution is 2.61. The maximum absolute atomic E-state index is 2.55. The molecule has 0 spiro atoms. The van der Waals surface area contributed by atoms with Crippen LogP contribution < -0.4 is 0 Å². The van der Waals surface area contributed by atoms with Crippen LogP contribution in [0.1, 0.15) is 61.9 Å². The summed E-state index contributed by atoms with van der Waals surface area (Å²) in [6.45, 7) is 9.26. The fraction of sp³-hybridized carbons (Fsp3) is 0.0933. The zero-order valence-corrected chi connectivity index (χ0v) is 42.9. The van der Waals surface area contributed by atoms with E-state index in [1.165, 1.54) is 165 Å². The van der Waals surface area contributed by atoms with Crippen LogP contribution in [0.5, 0.6) is 0 Å². The maximum Gasteiger partial charge on any atom is -0.0000435 e. The fourth-order valence-electron chi connectivity index (χ4n) is 13.6. The summed E-state index contributed by atoms with van der Waals surface area (Å²) in [6, 6.07) is 85.2. The molecule has 0 radical (unpaired) electrons. The van der Waals surface area contributed by atoms with Gasteiger partial charge in [0.1, 0.15) is 0 Å². The lowest BCUT2D eigenvalue weighted by Gasteiger charge is -2.22. The Balaban J connectivity index is 1.03. The molecule has 0 unspecified atom stereocenters. The molecule has 13 aromatic carbocycles. The number of hydrogen-bond acceptors (Lipinski definition) is 0. The first-order valence-electron chi connectivity index (χ1n) is 26.9. The summed E-state index contributed by atoms with van der Waals surface area (Å²) in [4.78, 5) is 0. The molecule has 0 aliphatic heterocycles. The van der Waals surface area contributed by atoms with Gasteiger partial charge in [0.05, 0.1) is 0 Å². The summed E-state index contributed by atoms with van der Waals surface area (Å²) < 4.78 is 0. The van der Waals surface area contributed by atoms with Crippen LogP contribution in [-0.2, 0) is 11.8 Å². The van der Waals surface area contributed by atoms with Gasteiger partial charge in [0.2, 0.25) is 0 Å². The van der Waals surface area contributed by atoms with Gasteiger partial charge in [-0.1, -0.05) is 252 Å². The summed E-state index contributed by atoms with van der Waals surface area (Å²) in [5.74, 6) is 0. The Bertz CT molecular complexity index is 4490. The van der Waals surface area contributed by atoms with Gasteiger partial charge in [-0.2, -0.15) is 0 Å². The van der Waals surface area contributed by atoms with E-state index in [0.29, 0.717) is 0 Å². The van der Waals surface area contributed by atoms with Gasteiger partial charge in [0, 0.05) is 0 Å². The number of fused-ring (bicyclic) bond motifs is 9. The van der Waals surface area contributed by atoms with Crippen molar-refractivity contribution >= 4 is 59.4 Å². The minimum Gasteiger partial charge on any atom is -0.0763 e. The average Bonchev–Trinajstić information content (AvgIpc) is 4.07. The molecular formula is C75H54. The summed E-state index contributed by atoms with van der Waals surface area (Å²) >= 11 is 0. The fourth-order valence-corrected chi connectivity index (χ4v) is 13.6. The minimum atomic E-state index is 0.0570. The van der Waals surface area contributed by atoms with Gasteiger partial charge >= 0.3 is 0 Å². The molecule has 0 fully saturated rings. The van der Waals surface area contributed by atoms with Crippen molar-refractivity contribution in [1.82, 2.24) is 0 Å². The molecule has 0 heteroatoms. The van der Waals surface area contributed by atoms with Crippen LogP contribution in [-0.4, -0.2) is 0 Å². The first kappa shape index (κ1) is 43.7. The van der Waals surface area contributed by atoms with Crippen LogP contribution in [0, 0.1) is 0 Å². The quantitative estimate of drug-likeness (QED) is 0.146. The Hall–Kier alpha value is -8.84. The second-order valence-electron chi connectivity index (χ2n) is 22.0. The van der Waals surface area contributed by atoms with E-state index >= 15 is 0 Å². The lowest BCUT2D eigenvalue weighted by atomic mass is 9.81. The Morgan fingerprint density at radius 1 is 0.333 bits per heavy atom. The van der Waals surface area contributed by atoms with Crippen LogP contribution in [0.3, 0.4) is 0 Å². The van der Waals surface area contributed by atoms with Crippen LogP contribution in [0.2, 0.25) is 0 Å². The first-order chi connectivity index (χ1) is 36.8. The molecule has 13 aromatic rings. The van der Waals surface area contributed by atoms with Gasteiger partial charge in [0.15, 0.2) is 0 Å². The van der Waals surface area contributed by atoms with Gasteiger partial charge in [0.25, 0.3) is 0 Å². The molecule has 0 saturated carbocycles.